The van der Waals surface area contributed by atoms with Crippen molar-refractivity contribution in [2.45, 2.75) is 31.4 Å². The van der Waals surface area contributed by atoms with Crippen molar-refractivity contribution in [3.8, 4) is 0 Å². The molecule has 0 amide bonds. The topological polar surface area (TPSA) is 38.0 Å². The van der Waals surface area contributed by atoms with Gasteiger partial charge >= 0.3 is 0 Å². The Bertz CT molecular complexity index is 525. The van der Waals surface area contributed by atoms with Gasteiger partial charge in [-0.25, -0.2) is 4.98 Å². The third-order valence-corrected chi connectivity index (χ3v) is 5.02. The number of halogens is 1. The van der Waals surface area contributed by atoms with E-state index in [1.807, 2.05) is 35.0 Å². The van der Waals surface area contributed by atoms with Crippen LogP contribution in [0.15, 0.2) is 47.9 Å². The molecule has 0 saturated heterocycles. The number of benzene rings is 1. The van der Waals surface area contributed by atoms with Crippen molar-refractivity contribution in [2.24, 2.45) is 5.41 Å². The van der Waals surface area contributed by atoms with Crippen LogP contribution in [0, 0.1) is 5.41 Å². The lowest BCUT2D eigenvalue weighted by Crippen LogP contribution is -2.35. The molecule has 2 rings (SSSR count). The second-order valence-electron chi connectivity index (χ2n) is 5.51. The maximum absolute atomic E-state index is 10.4. The molecule has 0 aliphatic carbocycles. The molecule has 0 bridgehead atoms. The molecule has 1 aromatic heterocycles. The molecule has 1 unspecified atom stereocenters. The Labute approximate surface area is 129 Å². The van der Waals surface area contributed by atoms with E-state index in [2.05, 4.69) is 18.8 Å². The second-order valence-corrected chi connectivity index (χ2v) is 6.99. The van der Waals surface area contributed by atoms with E-state index in [-0.39, 0.29) is 5.41 Å². The van der Waals surface area contributed by atoms with Gasteiger partial charge in [0.25, 0.3) is 0 Å². The first kappa shape index (κ1) is 15.4. The summed E-state index contributed by atoms with van der Waals surface area (Å²) in [5, 5.41) is 11.1. The Hall–Kier alpha value is -0.970. The molecule has 0 saturated carbocycles. The van der Waals surface area contributed by atoms with Crippen LogP contribution >= 0.6 is 23.4 Å². The molecule has 108 valence electrons. The smallest absolute Gasteiger partial charge is 0.0946 e. The number of rotatable bonds is 6. The molecule has 0 aliphatic heterocycles. The fourth-order valence-electron chi connectivity index (χ4n) is 1.74. The average Bonchev–Trinajstić information content (AvgIpc) is 2.91. The lowest BCUT2D eigenvalue weighted by molar-refractivity contribution is 0.0511. The SMILES string of the molecule is CC(C)(CSc1ccc(Cl)cc1)C(O)Cn1ccnc1. The molecule has 0 aliphatic rings. The minimum Gasteiger partial charge on any atom is -0.391 e. The molecule has 1 aromatic carbocycles. The van der Waals surface area contributed by atoms with Gasteiger partial charge in [0.05, 0.1) is 19.0 Å². The summed E-state index contributed by atoms with van der Waals surface area (Å²) in [6.07, 6.45) is 4.90. The van der Waals surface area contributed by atoms with Crippen LogP contribution in [0.4, 0.5) is 0 Å². The zero-order valence-electron chi connectivity index (χ0n) is 11.7. The molecule has 20 heavy (non-hydrogen) atoms. The number of hydrogen-bond donors (Lipinski definition) is 1. The molecule has 0 fully saturated rings. The van der Waals surface area contributed by atoms with Crippen LogP contribution < -0.4 is 0 Å². The zero-order chi connectivity index (χ0) is 14.6. The quantitative estimate of drug-likeness (QED) is 0.826. The van der Waals surface area contributed by atoms with Gasteiger partial charge in [0.2, 0.25) is 0 Å². The van der Waals surface area contributed by atoms with Gasteiger partial charge in [0, 0.05) is 33.5 Å². The predicted octanol–water partition coefficient (Wildman–Crippen LogP) is 3.72. The monoisotopic (exact) mass is 310 g/mol. The highest BCUT2D eigenvalue weighted by Gasteiger charge is 2.28. The summed E-state index contributed by atoms with van der Waals surface area (Å²) >= 11 is 7.61. The van der Waals surface area contributed by atoms with E-state index in [1.165, 1.54) is 0 Å². The molecule has 5 heteroatoms. The Kier molecular flexibility index (Phi) is 5.13. The standard InChI is InChI=1S/C15H19ClN2OS/c1-15(2,14(19)9-18-8-7-17-11-18)10-20-13-5-3-12(16)4-6-13/h3-8,11,14,19H,9-10H2,1-2H3. The van der Waals surface area contributed by atoms with Crippen LogP contribution in [0.25, 0.3) is 0 Å². The van der Waals surface area contributed by atoms with E-state index in [4.69, 9.17) is 11.6 Å². The van der Waals surface area contributed by atoms with Gasteiger partial charge in [0.1, 0.15) is 0 Å². The summed E-state index contributed by atoms with van der Waals surface area (Å²) in [5.41, 5.74) is -0.186. The fourth-order valence-corrected chi connectivity index (χ4v) is 2.92. The summed E-state index contributed by atoms with van der Waals surface area (Å²) in [4.78, 5) is 5.16. The normalized spacial score (nSPS) is 13.4. The number of aliphatic hydroxyl groups is 1. The largest absolute Gasteiger partial charge is 0.391 e. The molecule has 2 aromatic rings. The summed E-state index contributed by atoms with van der Waals surface area (Å²) in [6, 6.07) is 7.79. The van der Waals surface area contributed by atoms with Crippen LogP contribution in [0.3, 0.4) is 0 Å². The summed E-state index contributed by atoms with van der Waals surface area (Å²) in [7, 11) is 0. The highest BCUT2D eigenvalue weighted by atomic mass is 35.5. The lowest BCUT2D eigenvalue weighted by Gasteiger charge is -2.30. The third-order valence-electron chi connectivity index (χ3n) is 3.27. The second kappa shape index (κ2) is 6.66. The van der Waals surface area contributed by atoms with Crippen molar-refractivity contribution in [2.75, 3.05) is 5.75 Å². The van der Waals surface area contributed by atoms with Crippen molar-refractivity contribution in [3.63, 3.8) is 0 Å². The molecule has 1 atom stereocenters. The molecule has 3 nitrogen and oxygen atoms in total. The first-order valence-corrected chi connectivity index (χ1v) is 7.86. The van der Waals surface area contributed by atoms with Gasteiger partial charge in [-0.2, -0.15) is 0 Å². The molecule has 0 radical (unpaired) electrons. The van der Waals surface area contributed by atoms with Crippen molar-refractivity contribution < 1.29 is 5.11 Å². The van der Waals surface area contributed by atoms with Crippen molar-refractivity contribution in [3.05, 3.63) is 48.0 Å². The van der Waals surface area contributed by atoms with Gasteiger partial charge in [-0.15, -0.1) is 11.8 Å². The third kappa shape index (κ3) is 4.27. The predicted molar refractivity (Wildman–Crippen MR) is 84.2 cm³/mol. The highest BCUT2D eigenvalue weighted by Crippen LogP contribution is 2.31. The van der Waals surface area contributed by atoms with Gasteiger partial charge in [0.15, 0.2) is 0 Å². The van der Waals surface area contributed by atoms with Crippen LogP contribution in [0.2, 0.25) is 5.02 Å². The van der Waals surface area contributed by atoms with E-state index in [0.717, 1.165) is 15.7 Å². The molecule has 1 N–H and O–H groups in total. The molecular formula is C15H19ClN2OS. The van der Waals surface area contributed by atoms with Gasteiger partial charge in [-0.05, 0) is 24.3 Å². The summed E-state index contributed by atoms with van der Waals surface area (Å²) < 4.78 is 1.90. The van der Waals surface area contributed by atoms with E-state index in [9.17, 15) is 5.11 Å². The Morgan fingerprint density at radius 2 is 2.05 bits per heavy atom. The maximum Gasteiger partial charge on any atom is 0.0946 e. The highest BCUT2D eigenvalue weighted by molar-refractivity contribution is 7.99. The Morgan fingerprint density at radius 3 is 2.65 bits per heavy atom. The zero-order valence-corrected chi connectivity index (χ0v) is 13.2. The lowest BCUT2D eigenvalue weighted by atomic mass is 9.89. The number of nitrogens with zero attached hydrogens (tertiary/aromatic N) is 2. The fraction of sp³-hybridized carbons (Fsp3) is 0.400. The molecule has 0 spiro atoms. The maximum atomic E-state index is 10.4. The van der Waals surface area contributed by atoms with Gasteiger partial charge in [-0.1, -0.05) is 25.4 Å². The molecule has 1 heterocycles. The van der Waals surface area contributed by atoms with E-state index < -0.39 is 6.10 Å². The first-order valence-electron chi connectivity index (χ1n) is 6.49. The number of hydrogen-bond acceptors (Lipinski definition) is 3. The minimum absolute atomic E-state index is 0.186. The number of imidazole rings is 1. The van der Waals surface area contributed by atoms with Crippen LogP contribution in [-0.4, -0.2) is 26.5 Å². The first-order chi connectivity index (χ1) is 9.47. The van der Waals surface area contributed by atoms with Crippen molar-refractivity contribution in [1.82, 2.24) is 9.55 Å². The van der Waals surface area contributed by atoms with E-state index in [0.29, 0.717) is 6.54 Å². The Morgan fingerprint density at radius 1 is 1.35 bits per heavy atom. The van der Waals surface area contributed by atoms with Crippen LogP contribution in [0.1, 0.15) is 13.8 Å². The number of aromatic nitrogens is 2. The van der Waals surface area contributed by atoms with Gasteiger partial charge in [-0.3, -0.25) is 0 Å². The number of thioether (sulfide) groups is 1. The van der Waals surface area contributed by atoms with Gasteiger partial charge < -0.3 is 9.67 Å². The number of aliphatic hydroxyl groups excluding tert-OH is 1. The molecular weight excluding hydrogens is 292 g/mol. The van der Waals surface area contributed by atoms with E-state index >= 15 is 0 Å². The Balaban J connectivity index is 1.90. The average molecular weight is 311 g/mol. The van der Waals surface area contributed by atoms with Crippen molar-refractivity contribution in [1.29, 1.82) is 0 Å². The van der Waals surface area contributed by atoms with Crippen molar-refractivity contribution >= 4 is 23.4 Å². The van der Waals surface area contributed by atoms with E-state index in [1.54, 1.807) is 24.3 Å². The van der Waals surface area contributed by atoms with Crippen LogP contribution in [-0.2, 0) is 6.54 Å². The summed E-state index contributed by atoms with van der Waals surface area (Å²) in [6.45, 7) is 4.73. The summed E-state index contributed by atoms with van der Waals surface area (Å²) in [5.74, 6) is 0.838. The van der Waals surface area contributed by atoms with Crippen LogP contribution in [0.5, 0.6) is 0 Å². The minimum atomic E-state index is -0.420.